The summed E-state index contributed by atoms with van der Waals surface area (Å²) in [6.07, 6.45) is 0.718. The molecule has 0 aliphatic heterocycles. The number of nitrogens with two attached hydrogens (primary N) is 1. The Bertz CT molecular complexity index is 479. The molecule has 0 bridgehead atoms. The summed E-state index contributed by atoms with van der Waals surface area (Å²) in [6.45, 7) is 1.07. The van der Waals surface area contributed by atoms with Crippen molar-refractivity contribution in [2.75, 3.05) is 38.9 Å². The SMILES string of the molecule is COCCCNC(=O)CS(=O)c1cc(OC)ccc1N. The summed E-state index contributed by atoms with van der Waals surface area (Å²) < 4.78 is 22.0. The number of nitrogens with one attached hydrogen (secondary N) is 1. The molecule has 0 aromatic heterocycles. The van der Waals surface area contributed by atoms with Crippen LogP contribution in [-0.4, -0.2) is 43.2 Å². The highest BCUT2D eigenvalue weighted by Gasteiger charge is 2.13. The van der Waals surface area contributed by atoms with Crippen LogP contribution in [0.15, 0.2) is 23.1 Å². The summed E-state index contributed by atoms with van der Waals surface area (Å²) in [5, 5.41) is 2.68. The number of carbonyl (C=O) groups is 1. The molecule has 1 rings (SSSR count). The van der Waals surface area contributed by atoms with Gasteiger partial charge >= 0.3 is 0 Å². The summed E-state index contributed by atoms with van der Waals surface area (Å²) in [7, 11) is 1.62. The Kier molecular flexibility index (Phi) is 7.03. The summed E-state index contributed by atoms with van der Waals surface area (Å²) in [5.41, 5.74) is 6.15. The van der Waals surface area contributed by atoms with Crippen molar-refractivity contribution >= 4 is 22.4 Å². The van der Waals surface area contributed by atoms with Gasteiger partial charge in [0.1, 0.15) is 11.5 Å². The molecule has 0 radical (unpaired) electrons. The van der Waals surface area contributed by atoms with Gasteiger partial charge in [0.05, 0.1) is 22.8 Å². The fourth-order valence-corrected chi connectivity index (χ4v) is 2.61. The van der Waals surface area contributed by atoms with E-state index in [4.69, 9.17) is 15.2 Å². The van der Waals surface area contributed by atoms with E-state index >= 15 is 0 Å². The lowest BCUT2D eigenvalue weighted by Gasteiger charge is -2.08. The van der Waals surface area contributed by atoms with Crippen LogP contribution in [0.4, 0.5) is 5.69 Å². The van der Waals surface area contributed by atoms with Crippen molar-refractivity contribution < 1.29 is 18.5 Å². The normalized spacial score (nSPS) is 11.9. The molecule has 20 heavy (non-hydrogen) atoms. The van der Waals surface area contributed by atoms with Crippen molar-refractivity contribution in [3.63, 3.8) is 0 Å². The zero-order valence-corrected chi connectivity index (χ0v) is 12.5. The van der Waals surface area contributed by atoms with E-state index in [2.05, 4.69) is 5.32 Å². The van der Waals surface area contributed by atoms with Gasteiger partial charge < -0.3 is 20.5 Å². The van der Waals surface area contributed by atoms with Gasteiger partial charge in [0.25, 0.3) is 0 Å². The van der Waals surface area contributed by atoms with Crippen molar-refractivity contribution in [3.05, 3.63) is 18.2 Å². The van der Waals surface area contributed by atoms with Crippen molar-refractivity contribution in [2.45, 2.75) is 11.3 Å². The smallest absolute Gasteiger partial charge is 0.233 e. The van der Waals surface area contributed by atoms with Crippen LogP contribution in [0.1, 0.15) is 6.42 Å². The zero-order chi connectivity index (χ0) is 15.0. The van der Waals surface area contributed by atoms with Gasteiger partial charge in [-0.2, -0.15) is 0 Å². The van der Waals surface area contributed by atoms with Crippen LogP contribution in [0.25, 0.3) is 0 Å². The third kappa shape index (κ3) is 5.18. The maximum Gasteiger partial charge on any atom is 0.233 e. The minimum atomic E-state index is -1.49. The van der Waals surface area contributed by atoms with Gasteiger partial charge in [-0.05, 0) is 24.6 Å². The second kappa shape index (κ2) is 8.55. The quantitative estimate of drug-likeness (QED) is 0.540. The first-order valence-electron chi connectivity index (χ1n) is 6.16. The van der Waals surface area contributed by atoms with Gasteiger partial charge in [-0.25, -0.2) is 0 Å². The molecule has 0 spiro atoms. The van der Waals surface area contributed by atoms with Crippen molar-refractivity contribution in [3.8, 4) is 5.75 Å². The van der Waals surface area contributed by atoms with E-state index in [0.29, 0.717) is 29.5 Å². The molecule has 6 nitrogen and oxygen atoms in total. The number of nitrogen functional groups attached to an aromatic ring is 1. The Morgan fingerprint density at radius 3 is 2.80 bits per heavy atom. The molecule has 1 amide bonds. The van der Waals surface area contributed by atoms with E-state index < -0.39 is 10.8 Å². The van der Waals surface area contributed by atoms with Crippen molar-refractivity contribution in [1.29, 1.82) is 0 Å². The molecular weight excluding hydrogens is 280 g/mol. The second-order valence-corrected chi connectivity index (χ2v) is 5.51. The molecule has 0 aliphatic carbocycles. The lowest BCUT2D eigenvalue weighted by Crippen LogP contribution is -2.29. The minimum absolute atomic E-state index is 0.121. The van der Waals surface area contributed by atoms with Gasteiger partial charge in [-0.3, -0.25) is 9.00 Å². The van der Waals surface area contributed by atoms with Crippen LogP contribution >= 0.6 is 0 Å². The predicted molar refractivity (Wildman–Crippen MR) is 78.2 cm³/mol. The maximum absolute atomic E-state index is 12.1. The number of hydrogen-bond donors (Lipinski definition) is 2. The monoisotopic (exact) mass is 300 g/mol. The number of benzene rings is 1. The molecule has 0 saturated carbocycles. The molecule has 112 valence electrons. The molecule has 1 aromatic rings. The van der Waals surface area contributed by atoms with Gasteiger partial charge in [0, 0.05) is 25.9 Å². The van der Waals surface area contributed by atoms with Crippen LogP contribution in [0.5, 0.6) is 5.75 Å². The Balaban J connectivity index is 2.55. The van der Waals surface area contributed by atoms with E-state index in [-0.39, 0.29) is 11.7 Å². The Morgan fingerprint density at radius 2 is 2.15 bits per heavy atom. The molecule has 1 aromatic carbocycles. The van der Waals surface area contributed by atoms with Crippen LogP contribution < -0.4 is 15.8 Å². The molecule has 0 saturated heterocycles. The zero-order valence-electron chi connectivity index (χ0n) is 11.7. The fourth-order valence-electron chi connectivity index (χ4n) is 1.53. The maximum atomic E-state index is 12.1. The van der Waals surface area contributed by atoms with Crippen molar-refractivity contribution in [1.82, 2.24) is 5.32 Å². The molecule has 1 atom stereocenters. The highest BCUT2D eigenvalue weighted by molar-refractivity contribution is 7.86. The number of hydrogen-bond acceptors (Lipinski definition) is 5. The number of anilines is 1. The highest BCUT2D eigenvalue weighted by Crippen LogP contribution is 2.22. The summed E-state index contributed by atoms with van der Waals surface area (Å²) in [6, 6.07) is 4.88. The van der Waals surface area contributed by atoms with Gasteiger partial charge in [0.2, 0.25) is 5.91 Å². The average Bonchev–Trinajstić information content (AvgIpc) is 2.44. The van der Waals surface area contributed by atoms with Crippen LogP contribution in [0.2, 0.25) is 0 Å². The summed E-state index contributed by atoms with van der Waals surface area (Å²) in [4.78, 5) is 12.1. The number of methoxy groups -OCH3 is 2. The molecule has 0 aliphatic rings. The van der Waals surface area contributed by atoms with Crippen molar-refractivity contribution in [2.24, 2.45) is 0 Å². The van der Waals surface area contributed by atoms with Gasteiger partial charge in [-0.15, -0.1) is 0 Å². The fraction of sp³-hybridized carbons (Fsp3) is 0.462. The highest BCUT2D eigenvalue weighted by atomic mass is 32.2. The molecule has 7 heteroatoms. The first kappa shape index (κ1) is 16.5. The minimum Gasteiger partial charge on any atom is -0.497 e. The van der Waals surface area contributed by atoms with E-state index in [1.54, 1.807) is 25.3 Å². The third-order valence-electron chi connectivity index (χ3n) is 2.58. The number of ether oxygens (including phenoxy) is 2. The lowest BCUT2D eigenvalue weighted by atomic mass is 10.3. The first-order valence-corrected chi connectivity index (χ1v) is 7.48. The van der Waals surface area contributed by atoms with E-state index in [1.807, 2.05) is 0 Å². The van der Waals surface area contributed by atoms with Crippen LogP contribution in [0.3, 0.4) is 0 Å². The Labute approximate surface area is 121 Å². The standard InChI is InChI=1S/C13H20N2O4S/c1-18-7-3-6-15-13(16)9-20(17)12-8-10(19-2)4-5-11(12)14/h4-5,8H,3,6-7,9,14H2,1-2H3,(H,15,16). The summed E-state index contributed by atoms with van der Waals surface area (Å²) >= 11 is 0. The molecular formula is C13H20N2O4S. The van der Waals surface area contributed by atoms with E-state index in [9.17, 15) is 9.00 Å². The third-order valence-corrected chi connectivity index (χ3v) is 3.94. The molecule has 1 unspecified atom stereocenters. The van der Waals surface area contributed by atoms with E-state index in [0.717, 1.165) is 6.42 Å². The first-order chi connectivity index (χ1) is 9.58. The Hall–Kier alpha value is -1.60. The molecule has 0 fully saturated rings. The van der Waals surface area contributed by atoms with E-state index in [1.165, 1.54) is 7.11 Å². The van der Waals surface area contributed by atoms with Gasteiger partial charge in [0.15, 0.2) is 0 Å². The second-order valence-electron chi connectivity index (χ2n) is 4.09. The molecule has 3 N–H and O–H groups in total. The number of carbonyl (C=O) groups excluding carboxylic acids is 1. The summed E-state index contributed by atoms with van der Waals surface area (Å²) in [5.74, 6) is 0.161. The average molecular weight is 300 g/mol. The van der Waals surface area contributed by atoms with Crippen LogP contribution in [-0.2, 0) is 20.3 Å². The van der Waals surface area contributed by atoms with Gasteiger partial charge in [-0.1, -0.05) is 0 Å². The van der Waals surface area contributed by atoms with Crippen LogP contribution in [0, 0.1) is 0 Å². The topological polar surface area (TPSA) is 90.6 Å². The predicted octanol–water partition coefficient (Wildman–Crippen LogP) is 0.538. The molecule has 0 heterocycles. The number of rotatable bonds is 8. The largest absolute Gasteiger partial charge is 0.497 e. The number of amides is 1. The Morgan fingerprint density at radius 1 is 1.40 bits per heavy atom. The lowest BCUT2D eigenvalue weighted by molar-refractivity contribution is -0.118.